The van der Waals surface area contributed by atoms with E-state index in [-0.39, 0.29) is 44.4 Å². The number of nitrogens with one attached hydrogen (secondary N) is 2. The first-order valence-corrected chi connectivity index (χ1v) is 11.4. The van der Waals surface area contributed by atoms with Gasteiger partial charge in [0.25, 0.3) is 11.8 Å². The van der Waals surface area contributed by atoms with Crippen LogP contribution in [0.15, 0.2) is 42.5 Å². The van der Waals surface area contributed by atoms with Crippen LogP contribution in [0.2, 0.25) is 0 Å². The molecule has 2 aliphatic heterocycles. The molecule has 0 aliphatic carbocycles. The molecule has 1 saturated heterocycles. The van der Waals surface area contributed by atoms with Gasteiger partial charge in [0, 0.05) is 37.7 Å². The van der Waals surface area contributed by atoms with Crippen molar-refractivity contribution >= 4 is 23.6 Å². The second-order valence-electron chi connectivity index (χ2n) is 8.51. The van der Waals surface area contributed by atoms with Crippen LogP contribution in [0.5, 0.6) is 5.75 Å². The van der Waals surface area contributed by atoms with E-state index >= 15 is 0 Å². The molecule has 36 heavy (non-hydrogen) atoms. The summed E-state index contributed by atoms with van der Waals surface area (Å²) in [4.78, 5) is 50.0. The number of alkyl halides is 2. The summed E-state index contributed by atoms with van der Waals surface area (Å²) >= 11 is 0. The van der Waals surface area contributed by atoms with Crippen molar-refractivity contribution in [2.75, 3.05) is 20.3 Å². The summed E-state index contributed by atoms with van der Waals surface area (Å²) in [5.41, 5.74) is 1.07. The number of hydrogen-bond donors (Lipinski definition) is 2. The summed E-state index contributed by atoms with van der Waals surface area (Å²) < 4.78 is 39.6. The van der Waals surface area contributed by atoms with Crippen LogP contribution >= 0.6 is 0 Å². The van der Waals surface area contributed by atoms with Gasteiger partial charge in [-0.1, -0.05) is 12.1 Å². The predicted molar refractivity (Wildman–Crippen MR) is 122 cm³/mol. The quantitative estimate of drug-likeness (QED) is 0.401. The zero-order chi connectivity index (χ0) is 25.9. The lowest BCUT2D eigenvalue weighted by atomic mass is 10.0. The first-order valence-electron chi connectivity index (χ1n) is 11.4. The van der Waals surface area contributed by atoms with E-state index in [0.29, 0.717) is 29.0 Å². The standard InChI is InChI=1S/C25H25F2N3O6/c1-35-10-11-36-18-5-3-17(4-6-18)25(26,27)24(34)28-13-15-2-7-19-16(12-15)14-30(23(19)33)20-8-9-21(31)29-22(20)32/h2-7,12,20H,8-11,13-14H2,1H3,(H,28,34)(H,29,31,32). The van der Waals surface area contributed by atoms with Crippen LogP contribution < -0.4 is 15.4 Å². The van der Waals surface area contributed by atoms with Gasteiger partial charge in [0.15, 0.2) is 0 Å². The molecule has 4 rings (SSSR count). The Morgan fingerprint density at radius 1 is 1.14 bits per heavy atom. The molecule has 0 bridgehead atoms. The molecule has 2 aliphatic rings. The Hall–Kier alpha value is -3.86. The fraction of sp³-hybridized carbons (Fsp3) is 0.360. The molecule has 0 saturated carbocycles. The Bertz CT molecular complexity index is 1180. The van der Waals surface area contributed by atoms with Gasteiger partial charge in [-0.2, -0.15) is 8.78 Å². The minimum atomic E-state index is -3.76. The average molecular weight is 501 g/mol. The Kier molecular flexibility index (Phi) is 7.30. The maximum absolute atomic E-state index is 14.7. The van der Waals surface area contributed by atoms with Crippen molar-refractivity contribution in [2.24, 2.45) is 0 Å². The van der Waals surface area contributed by atoms with Gasteiger partial charge in [-0.3, -0.25) is 24.5 Å². The van der Waals surface area contributed by atoms with E-state index in [1.54, 1.807) is 18.2 Å². The number of carbonyl (C=O) groups is 4. The minimum Gasteiger partial charge on any atom is -0.491 e. The van der Waals surface area contributed by atoms with Gasteiger partial charge in [0.05, 0.1) is 6.61 Å². The van der Waals surface area contributed by atoms with Crippen LogP contribution in [0, 0.1) is 0 Å². The summed E-state index contributed by atoms with van der Waals surface area (Å²) in [6, 6.07) is 8.99. The smallest absolute Gasteiger partial charge is 0.349 e. The second-order valence-corrected chi connectivity index (χ2v) is 8.51. The highest BCUT2D eigenvalue weighted by Gasteiger charge is 2.41. The molecule has 9 nitrogen and oxygen atoms in total. The zero-order valence-electron chi connectivity index (χ0n) is 19.5. The first-order chi connectivity index (χ1) is 17.2. The number of imide groups is 1. The van der Waals surface area contributed by atoms with E-state index in [9.17, 15) is 28.0 Å². The molecule has 1 fully saturated rings. The van der Waals surface area contributed by atoms with Crippen molar-refractivity contribution < 1.29 is 37.4 Å². The van der Waals surface area contributed by atoms with Crippen molar-refractivity contribution in [3.8, 4) is 5.75 Å². The van der Waals surface area contributed by atoms with Crippen LogP contribution in [0.1, 0.15) is 39.9 Å². The minimum absolute atomic E-state index is 0.144. The van der Waals surface area contributed by atoms with E-state index in [1.165, 1.54) is 24.1 Å². The summed E-state index contributed by atoms with van der Waals surface area (Å²) in [5.74, 6) is -6.07. The highest BCUT2D eigenvalue weighted by molar-refractivity contribution is 6.05. The molecule has 190 valence electrons. The largest absolute Gasteiger partial charge is 0.491 e. The summed E-state index contributed by atoms with van der Waals surface area (Å²) in [5, 5.41) is 4.48. The molecule has 2 N–H and O–H groups in total. The predicted octanol–water partition coefficient (Wildman–Crippen LogP) is 1.88. The average Bonchev–Trinajstić information content (AvgIpc) is 3.18. The maximum Gasteiger partial charge on any atom is 0.349 e. The molecule has 1 atom stereocenters. The van der Waals surface area contributed by atoms with Crippen molar-refractivity contribution in [2.45, 2.75) is 37.9 Å². The topological polar surface area (TPSA) is 114 Å². The van der Waals surface area contributed by atoms with Crippen LogP contribution in [0.3, 0.4) is 0 Å². The van der Waals surface area contributed by atoms with Crippen LogP contribution in [0.25, 0.3) is 0 Å². The third kappa shape index (κ3) is 5.20. The molecule has 2 aromatic carbocycles. The maximum atomic E-state index is 14.7. The fourth-order valence-electron chi connectivity index (χ4n) is 4.17. The summed E-state index contributed by atoms with van der Waals surface area (Å²) in [6.45, 7) is 0.597. The number of hydrogen-bond acceptors (Lipinski definition) is 6. The second kappa shape index (κ2) is 10.4. The lowest BCUT2D eigenvalue weighted by molar-refractivity contribution is -0.147. The lowest BCUT2D eigenvalue weighted by Gasteiger charge is -2.29. The molecule has 0 radical (unpaired) electrons. The molecule has 0 spiro atoms. The molecular formula is C25H25F2N3O6. The SMILES string of the molecule is COCCOc1ccc(C(F)(F)C(=O)NCc2ccc3c(c2)CN(C2CCC(=O)NC2=O)C3=O)cc1. The number of carbonyl (C=O) groups excluding carboxylic acids is 4. The molecule has 0 aromatic heterocycles. The van der Waals surface area contributed by atoms with Crippen LogP contribution in [-0.4, -0.2) is 54.9 Å². The molecule has 4 amide bonds. The molecule has 2 aromatic rings. The number of benzene rings is 2. The van der Waals surface area contributed by atoms with Crippen molar-refractivity contribution in [3.05, 3.63) is 64.7 Å². The van der Waals surface area contributed by atoms with Crippen molar-refractivity contribution in [3.63, 3.8) is 0 Å². The Morgan fingerprint density at radius 3 is 2.58 bits per heavy atom. The number of nitrogens with zero attached hydrogens (tertiary/aromatic N) is 1. The number of halogens is 2. The number of methoxy groups -OCH3 is 1. The monoisotopic (exact) mass is 501 g/mol. The van der Waals surface area contributed by atoms with E-state index < -0.39 is 29.3 Å². The number of fused-ring (bicyclic) bond motifs is 1. The van der Waals surface area contributed by atoms with Gasteiger partial charge >= 0.3 is 5.92 Å². The molecular weight excluding hydrogens is 476 g/mol. The van der Waals surface area contributed by atoms with Crippen LogP contribution in [0.4, 0.5) is 8.78 Å². The number of rotatable bonds is 9. The van der Waals surface area contributed by atoms with Crippen molar-refractivity contribution in [1.82, 2.24) is 15.5 Å². The lowest BCUT2D eigenvalue weighted by Crippen LogP contribution is -2.52. The van der Waals surface area contributed by atoms with Gasteiger partial charge < -0.3 is 19.7 Å². The van der Waals surface area contributed by atoms with Gasteiger partial charge in [-0.15, -0.1) is 0 Å². The Morgan fingerprint density at radius 2 is 1.89 bits per heavy atom. The van der Waals surface area contributed by atoms with E-state index in [4.69, 9.17) is 9.47 Å². The Labute approximate surface area is 205 Å². The van der Waals surface area contributed by atoms with Gasteiger partial charge in [0.2, 0.25) is 11.8 Å². The fourth-order valence-corrected chi connectivity index (χ4v) is 4.17. The Balaban J connectivity index is 1.37. The van der Waals surface area contributed by atoms with Gasteiger partial charge in [-0.25, -0.2) is 0 Å². The third-order valence-electron chi connectivity index (χ3n) is 6.10. The van der Waals surface area contributed by atoms with Gasteiger partial charge in [-0.05, 0) is 47.9 Å². The van der Waals surface area contributed by atoms with Crippen molar-refractivity contribution in [1.29, 1.82) is 0 Å². The van der Waals surface area contributed by atoms with Crippen LogP contribution in [-0.2, 0) is 38.1 Å². The number of amides is 4. The van der Waals surface area contributed by atoms with E-state index in [2.05, 4.69) is 10.6 Å². The third-order valence-corrected chi connectivity index (χ3v) is 6.10. The highest BCUT2D eigenvalue weighted by Crippen LogP contribution is 2.31. The normalized spacial score (nSPS) is 17.6. The highest BCUT2D eigenvalue weighted by atomic mass is 19.3. The first kappa shape index (κ1) is 25.2. The zero-order valence-corrected chi connectivity index (χ0v) is 19.5. The number of piperidine rings is 1. The molecule has 1 unspecified atom stereocenters. The summed E-state index contributed by atoms with van der Waals surface area (Å²) in [7, 11) is 1.52. The summed E-state index contributed by atoms with van der Waals surface area (Å²) in [6.07, 6.45) is 0.383. The number of ether oxygens (including phenoxy) is 2. The van der Waals surface area contributed by atoms with E-state index in [0.717, 1.165) is 12.1 Å². The molecule has 2 heterocycles. The molecule has 11 heteroatoms. The van der Waals surface area contributed by atoms with Gasteiger partial charge in [0.1, 0.15) is 18.4 Å². The van der Waals surface area contributed by atoms with E-state index in [1.807, 2.05) is 0 Å².